The maximum absolute atomic E-state index is 10.6. The van der Waals surface area contributed by atoms with E-state index in [4.69, 9.17) is 0 Å². The number of aliphatic hydroxyl groups is 3. The molecule has 0 aliphatic heterocycles. The van der Waals surface area contributed by atoms with Gasteiger partial charge < -0.3 is 15.3 Å². The summed E-state index contributed by atoms with van der Waals surface area (Å²) < 4.78 is 0. The average Bonchev–Trinajstić information content (AvgIpc) is 2.21. The second kappa shape index (κ2) is 4.46. The van der Waals surface area contributed by atoms with Crippen molar-refractivity contribution in [2.75, 3.05) is 0 Å². The molecular formula is C15H28O3. The zero-order chi connectivity index (χ0) is 13.7. The van der Waals surface area contributed by atoms with E-state index < -0.39 is 17.3 Å². The SMILES string of the molecule is C[C@@H]1CC[C@@H]2[C@H]([C@@H]1O)[C@H](C(C)(C)O)CC[C@@]2(C)O. The van der Waals surface area contributed by atoms with Crippen molar-refractivity contribution in [2.24, 2.45) is 23.7 Å². The van der Waals surface area contributed by atoms with Crippen LogP contribution < -0.4 is 0 Å². The van der Waals surface area contributed by atoms with Gasteiger partial charge in [-0.3, -0.25) is 0 Å². The van der Waals surface area contributed by atoms with E-state index in [1.165, 1.54) is 0 Å². The molecule has 2 fully saturated rings. The summed E-state index contributed by atoms with van der Waals surface area (Å²) in [6, 6.07) is 0. The van der Waals surface area contributed by atoms with E-state index in [0.717, 1.165) is 25.7 Å². The van der Waals surface area contributed by atoms with Gasteiger partial charge in [0.05, 0.1) is 17.3 Å². The molecular weight excluding hydrogens is 228 g/mol. The number of fused-ring (bicyclic) bond motifs is 1. The van der Waals surface area contributed by atoms with Gasteiger partial charge in [0.15, 0.2) is 0 Å². The molecule has 2 saturated carbocycles. The number of hydrogen-bond acceptors (Lipinski definition) is 3. The lowest BCUT2D eigenvalue weighted by atomic mass is 9.54. The average molecular weight is 256 g/mol. The summed E-state index contributed by atoms with van der Waals surface area (Å²) in [5.41, 5.74) is -1.47. The van der Waals surface area contributed by atoms with Crippen LogP contribution in [0.5, 0.6) is 0 Å². The highest BCUT2D eigenvalue weighted by atomic mass is 16.3. The zero-order valence-electron chi connectivity index (χ0n) is 12.1. The van der Waals surface area contributed by atoms with E-state index in [2.05, 4.69) is 6.92 Å². The van der Waals surface area contributed by atoms with Crippen LogP contribution in [-0.2, 0) is 0 Å². The Hall–Kier alpha value is -0.120. The first-order chi connectivity index (χ1) is 8.14. The lowest BCUT2D eigenvalue weighted by molar-refractivity contribution is -0.179. The van der Waals surface area contributed by atoms with Crippen molar-refractivity contribution in [3.63, 3.8) is 0 Å². The van der Waals surface area contributed by atoms with Gasteiger partial charge in [-0.1, -0.05) is 6.92 Å². The van der Waals surface area contributed by atoms with Crippen LogP contribution in [0.25, 0.3) is 0 Å². The Kier molecular flexibility index (Phi) is 3.54. The monoisotopic (exact) mass is 256 g/mol. The standard InChI is InChI=1S/C15H28O3/c1-9-5-6-11-12(13(9)16)10(14(2,3)17)7-8-15(11,4)18/h9-13,16-18H,5-8H2,1-4H3/t9-,10-,11-,12-,13-,15-/m1/s1. The van der Waals surface area contributed by atoms with E-state index in [1.54, 1.807) is 0 Å². The summed E-state index contributed by atoms with van der Waals surface area (Å²) in [5, 5.41) is 31.4. The molecule has 2 rings (SSSR count). The van der Waals surface area contributed by atoms with Crippen molar-refractivity contribution in [2.45, 2.75) is 70.7 Å². The van der Waals surface area contributed by atoms with Crippen molar-refractivity contribution in [3.8, 4) is 0 Å². The minimum atomic E-state index is -0.780. The summed E-state index contributed by atoms with van der Waals surface area (Å²) in [7, 11) is 0. The summed E-state index contributed by atoms with van der Waals surface area (Å²) in [6.07, 6.45) is 3.05. The summed E-state index contributed by atoms with van der Waals surface area (Å²) in [6.45, 7) is 7.64. The minimum absolute atomic E-state index is 0.0255. The molecule has 0 aromatic carbocycles. The van der Waals surface area contributed by atoms with Gasteiger partial charge in [-0.2, -0.15) is 0 Å². The molecule has 6 atom stereocenters. The third-order valence-corrected chi connectivity index (χ3v) is 5.51. The van der Waals surface area contributed by atoms with E-state index in [1.807, 2.05) is 20.8 Å². The van der Waals surface area contributed by atoms with Crippen LogP contribution in [-0.4, -0.2) is 32.6 Å². The molecule has 3 heteroatoms. The molecule has 3 nitrogen and oxygen atoms in total. The van der Waals surface area contributed by atoms with Gasteiger partial charge >= 0.3 is 0 Å². The first kappa shape index (κ1) is 14.3. The quantitative estimate of drug-likeness (QED) is 0.672. The first-order valence-corrected chi connectivity index (χ1v) is 7.27. The molecule has 0 heterocycles. The Labute approximate surface area is 110 Å². The Morgan fingerprint density at radius 1 is 1.17 bits per heavy atom. The second-order valence-corrected chi connectivity index (χ2v) is 7.39. The Bertz CT molecular complexity index is 303. The highest BCUT2D eigenvalue weighted by Crippen LogP contribution is 2.52. The Morgan fingerprint density at radius 3 is 2.33 bits per heavy atom. The molecule has 0 unspecified atom stereocenters. The molecule has 18 heavy (non-hydrogen) atoms. The predicted octanol–water partition coefficient (Wildman–Crippen LogP) is 1.94. The van der Waals surface area contributed by atoms with Gasteiger partial charge in [0, 0.05) is 0 Å². The van der Waals surface area contributed by atoms with Gasteiger partial charge in [0.1, 0.15) is 0 Å². The molecule has 0 saturated heterocycles. The van der Waals surface area contributed by atoms with Gasteiger partial charge in [0.2, 0.25) is 0 Å². The number of aliphatic hydroxyl groups excluding tert-OH is 1. The zero-order valence-corrected chi connectivity index (χ0v) is 12.1. The van der Waals surface area contributed by atoms with E-state index >= 15 is 0 Å². The molecule has 3 N–H and O–H groups in total. The summed E-state index contributed by atoms with van der Waals surface area (Å²) in [4.78, 5) is 0. The molecule has 0 radical (unpaired) electrons. The Morgan fingerprint density at radius 2 is 1.78 bits per heavy atom. The second-order valence-electron chi connectivity index (χ2n) is 7.39. The van der Waals surface area contributed by atoms with Crippen LogP contribution in [0.1, 0.15) is 53.4 Å². The third-order valence-electron chi connectivity index (χ3n) is 5.51. The van der Waals surface area contributed by atoms with Crippen molar-refractivity contribution in [1.82, 2.24) is 0 Å². The third kappa shape index (κ3) is 2.33. The van der Waals surface area contributed by atoms with E-state index in [0.29, 0.717) is 0 Å². The van der Waals surface area contributed by atoms with Gasteiger partial charge in [0.25, 0.3) is 0 Å². The fourth-order valence-electron chi connectivity index (χ4n) is 4.32. The Balaban J connectivity index is 2.32. The van der Waals surface area contributed by atoms with Gasteiger partial charge in [-0.15, -0.1) is 0 Å². The molecule has 0 amide bonds. The molecule has 2 aliphatic carbocycles. The highest BCUT2D eigenvalue weighted by molar-refractivity contribution is 5.04. The van der Waals surface area contributed by atoms with Crippen LogP contribution >= 0.6 is 0 Å². The summed E-state index contributed by atoms with van der Waals surface area (Å²) in [5.74, 6) is 0.497. The van der Waals surface area contributed by atoms with Gasteiger partial charge in [-0.05, 0) is 70.1 Å². The number of rotatable bonds is 1. The first-order valence-electron chi connectivity index (χ1n) is 7.27. The van der Waals surface area contributed by atoms with Crippen LogP contribution in [0.15, 0.2) is 0 Å². The largest absolute Gasteiger partial charge is 0.393 e. The molecule has 0 aromatic heterocycles. The maximum Gasteiger partial charge on any atom is 0.0651 e. The van der Waals surface area contributed by atoms with E-state index in [9.17, 15) is 15.3 Å². The topological polar surface area (TPSA) is 60.7 Å². The molecule has 0 spiro atoms. The van der Waals surface area contributed by atoms with Crippen LogP contribution in [0.4, 0.5) is 0 Å². The van der Waals surface area contributed by atoms with Crippen LogP contribution in [0, 0.1) is 23.7 Å². The van der Waals surface area contributed by atoms with Crippen molar-refractivity contribution in [3.05, 3.63) is 0 Å². The fraction of sp³-hybridized carbons (Fsp3) is 1.00. The lowest BCUT2D eigenvalue weighted by Crippen LogP contribution is -2.58. The molecule has 0 aromatic rings. The maximum atomic E-state index is 10.6. The van der Waals surface area contributed by atoms with Crippen molar-refractivity contribution in [1.29, 1.82) is 0 Å². The molecule has 106 valence electrons. The lowest BCUT2D eigenvalue weighted by Gasteiger charge is -2.55. The minimum Gasteiger partial charge on any atom is -0.393 e. The molecule has 2 aliphatic rings. The van der Waals surface area contributed by atoms with Crippen molar-refractivity contribution >= 4 is 0 Å². The highest BCUT2D eigenvalue weighted by Gasteiger charge is 2.54. The normalized spacial score (nSPS) is 49.8. The predicted molar refractivity (Wildman–Crippen MR) is 71.0 cm³/mol. The summed E-state index contributed by atoms with van der Waals surface area (Å²) >= 11 is 0. The van der Waals surface area contributed by atoms with Crippen molar-refractivity contribution < 1.29 is 15.3 Å². The molecule has 0 bridgehead atoms. The number of hydrogen-bond donors (Lipinski definition) is 3. The smallest absolute Gasteiger partial charge is 0.0651 e. The van der Waals surface area contributed by atoms with E-state index in [-0.39, 0.29) is 23.7 Å². The van der Waals surface area contributed by atoms with Gasteiger partial charge in [-0.25, -0.2) is 0 Å². The van der Waals surface area contributed by atoms with Crippen LogP contribution in [0.3, 0.4) is 0 Å². The van der Waals surface area contributed by atoms with Crippen LogP contribution in [0.2, 0.25) is 0 Å². The fourth-order valence-corrected chi connectivity index (χ4v) is 4.32.